The van der Waals surface area contributed by atoms with Crippen LogP contribution in [0, 0.1) is 0 Å². The van der Waals surface area contributed by atoms with E-state index < -0.39 is 46.8 Å². The molecule has 7 rings (SSSR count). The van der Waals surface area contributed by atoms with Gasteiger partial charge in [0.2, 0.25) is 5.60 Å². The molecule has 4 aliphatic rings. The third kappa shape index (κ3) is 9.58. The number of fused-ring (bicyclic) bond motifs is 2. The van der Waals surface area contributed by atoms with Gasteiger partial charge in [0.25, 0.3) is 17.7 Å². The Kier molecular flexibility index (Phi) is 14.9. The van der Waals surface area contributed by atoms with Crippen LogP contribution in [-0.2, 0) is 28.8 Å². The van der Waals surface area contributed by atoms with Crippen LogP contribution < -0.4 is 27.9 Å². The van der Waals surface area contributed by atoms with Crippen molar-refractivity contribution in [3.63, 3.8) is 0 Å². The summed E-state index contributed by atoms with van der Waals surface area (Å²) in [5, 5.41) is 21.3. The van der Waals surface area contributed by atoms with Crippen LogP contribution in [0.3, 0.4) is 0 Å². The van der Waals surface area contributed by atoms with E-state index in [9.17, 15) is 24.3 Å². The van der Waals surface area contributed by atoms with E-state index in [-0.39, 0.29) is 59.5 Å². The highest BCUT2D eigenvalue weighted by Gasteiger charge is 2.55. The molecule has 8 N–H and O–H groups in total. The maximum absolute atomic E-state index is 14.6. The number of nitrogens with two attached hydrogens (primary N) is 2. The Bertz CT molecular complexity index is 2240. The number of aromatic nitrogens is 1. The number of carbonyl (C=O) groups excluding carboxylic acids is 4. The molecule has 5 heterocycles. The summed E-state index contributed by atoms with van der Waals surface area (Å²) in [5.41, 5.74) is 12.0. The molecule has 0 radical (unpaired) electrons. The molecule has 18 nitrogen and oxygen atoms in total. The summed E-state index contributed by atoms with van der Waals surface area (Å²) in [5.74, 6) is 3.66. The number of ether oxygens (including phenoxy) is 1. The number of hydrazine groups is 3. The number of esters is 1. The van der Waals surface area contributed by atoms with Gasteiger partial charge in [0.1, 0.15) is 29.5 Å². The minimum absolute atomic E-state index is 0. The molecule has 60 heavy (non-hydrogen) atoms. The van der Waals surface area contributed by atoms with Crippen molar-refractivity contribution in [3.05, 3.63) is 117 Å². The van der Waals surface area contributed by atoms with Crippen LogP contribution in [0.5, 0.6) is 0 Å². The molecular formula is C37H41Cl2N11O7S3. The summed E-state index contributed by atoms with van der Waals surface area (Å²) >= 11 is 3.84. The Morgan fingerprint density at radius 3 is 2.38 bits per heavy atom. The third-order valence-electron chi connectivity index (χ3n) is 9.10. The van der Waals surface area contributed by atoms with Gasteiger partial charge in [-0.3, -0.25) is 29.7 Å². The van der Waals surface area contributed by atoms with Crippen LogP contribution >= 0.6 is 59.7 Å². The summed E-state index contributed by atoms with van der Waals surface area (Å²) in [6.45, 7) is 4.37. The van der Waals surface area contributed by atoms with Gasteiger partial charge in [-0.2, -0.15) is 0 Å². The van der Waals surface area contributed by atoms with E-state index in [4.69, 9.17) is 21.2 Å². The highest BCUT2D eigenvalue weighted by molar-refractivity contribution is 8.03. The first-order valence-corrected chi connectivity index (χ1v) is 20.6. The lowest BCUT2D eigenvalue weighted by atomic mass is 10.0. The number of thiazole rings is 1. The van der Waals surface area contributed by atoms with Crippen molar-refractivity contribution in [2.75, 3.05) is 24.0 Å². The number of aliphatic hydroxyl groups is 1. The zero-order valence-electron chi connectivity index (χ0n) is 32.1. The Morgan fingerprint density at radius 1 is 1.12 bits per heavy atom. The van der Waals surface area contributed by atoms with Crippen LogP contribution in [-0.4, -0.2) is 95.4 Å². The number of oxime groups is 1. The molecule has 1 aromatic heterocycles. The van der Waals surface area contributed by atoms with Crippen molar-refractivity contribution < 1.29 is 33.9 Å². The van der Waals surface area contributed by atoms with Crippen molar-refractivity contribution in [1.29, 1.82) is 0 Å². The smallest absolute Gasteiger partial charge is 0.356 e. The van der Waals surface area contributed by atoms with E-state index in [0.29, 0.717) is 17.1 Å². The molecular weight excluding hydrogens is 878 g/mol. The molecule has 1 saturated heterocycles. The lowest BCUT2D eigenvalue weighted by molar-refractivity contribution is -0.154. The van der Waals surface area contributed by atoms with Crippen molar-refractivity contribution in [2.45, 2.75) is 43.9 Å². The quantitative estimate of drug-likeness (QED) is 0.0340. The van der Waals surface area contributed by atoms with Gasteiger partial charge >= 0.3 is 5.97 Å². The van der Waals surface area contributed by atoms with E-state index in [2.05, 4.69) is 26.0 Å². The number of thioether (sulfide) groups is 2. The summed E-state index contributed by atoms with van der Waals surface area (Å²) < 4.78 is 6.31. The fourth-order valence-corrected chi connectivity index (χ4v) is 9.26. The molecule has 0 spiro atoms. The zero-order chi connectivity index (χ0) is 41.1. The number of β-lactam (4-membered cyclic amide) rings is 1. The van der Waals surface area contributed by atoms with Crippen LogP contribution in [0.1, 0.15) is 43.7 Å². The molecule has 0 bridgehead atoms. The summed E-state index contributed by atoms with van der Waals surface area (Å²) in [6, 6.07) is 17.5. The van der Waals surface area contributed by atoms with Gasteiger partial charge < -0.3 is 25.7 Å². The maximum Gasteiger partial charge on any atom is 0.356 e. The Hall–Kier alpha value is -5.13. The Balaban J connectivity index is 0.00000341. The van der Waals surface area contributed by atoms with Gasteiger partial charge in [0.15, 0.2) is 22.8 Å². The molecule has 4 aliphatic heterocycles. The van der Waals surface area contributed by atoms with E-state index in [1.165, 1.54) is 52.7 Å². The molecule has 2 aromatic carbocycles. The zero-order valence-corrected chi connectivity index (χ0v) is 36.2. The molecule has 1 unspecified atom stereocenters. The number of nitrogen functional groups attached to an aromatic ring is 1. The number of halogens is 2. The fraction of sp³-hybridized carbons (Fsp3) is 0.270. The molecule has 23 heteroatoms. The maximum atomic E-state index is 14.6. The average molecular weight is 919 g/mol. The molecule has 318 valence electrons. The number of benzene rings is 2. The Morgan fingerprint density at radius 2 is 1.78 bits per heavy atom. The van der Waals surface area contributed by atoms with E-state index in [1.54, 1.807) is 11.2 Å². The predicted octanol–water partition coefficient (Wildman–Crippen LogP) is 2.88. The summed E-state index contributed by atoms with van der Waals surface area (Å²) in [4.78, 5) is 70.4. The standard InChI is InChI=1S/C37H39N11O7S3.2ClH/c1-20-14-26(48-25(40-20)15-46(19-49)45-48)56-16-23-17-57-33-28(42-31(50)27(24-18-58-36(38)41-24)44-55-37(2,3)35(53)43-39)32(51)47(33)29(23)34(52)54-30(21-10-6-4-7-11-21)22-12-8-5-9-13-22;;/h4-15,18,28,30,33,45,49H,16-17,19,39H2,1-3H3,(H2,38,41)(H,42,50)(H,43,53);2*1H/b44-27-;;/t28?,33-;;/m1../s1. The number of nitrogens with one attached hydrogen (secondary N) is 3. The van der Waals surface area contributed by atoms with Crippen LogP contribution in [0.25, 0.3) is 0 Å². The predicted molar refractivity (Wildman–Crippen MR) is 234 cm³/mol. The number of amides is 3. The highest BCUT2D eigenvalue weighted by atomic mass is 35.5. The third-order valence-corrected chi connectivity index (χ3v) is 12.2. The van der Waals surface area contributed by atoms with Crippen molar-refractivity contribution in [3.8, 4) is 0 Å². The second-order valence-electron chi connectivity index (χ2n) is 13.6. The van der Waals surface area contributed by atoms with Gasteiger partial charge in [0, 0.05) is 22.6 Å². The SMILES string of the molecule is CC1=NC2=CN(CO)NN2C(SCC2=C(C(=O)OC(c3ccccc3)c3ccccc3)N3C(=O)C(NC(=O)/C(=N\OC(C)(C)C(=O)NN)c4csc(N)n4)[C@H]3SC2)=C1.Cl.Cl. The van der Waals surface area contributed by atoms with E-state index in [1.807, 2.05) is 79.1 Å². The normalized spacial score (nSPS) is 18.5. The highest BCUT2D eigenvalue weighted by Crippen LogP contribution is 2.43. The van der Waals surface area contributed by atoms with Gasteiger partial charge in [-0.05, 0) is 43.5 Å². The largest absolute Gasteiger partial charge is 0.448 e. The number of hydrogen-bond donors (Lipinski definition) is 6. The van der Waals surface area contributed by atoms with Crippen LogP contribution in [0.4, 0.5) is 5.13 Å². The number of hydrogen-bond acceptors (Lipinski definition) is 18. The van der Waals surface area contributed by atoms with Crippen molar-refractivity contribution >= 4 is 99.9 Å². The number of aliphatic imine (C=N–C) groups is 1. The number of nitrogens with zero attached hydrogens (tertiary/aromatic N) is 6. The topological polar surface area (TPSA) is 242 Å². The number of allylic oxidation sites excluding steroid dienone is 1. The molecule has 3 aromatic rings. The lowest BCUT2D eigenvalue weighted by Gasteiger charge is -2.49. The second kappa shape index (κ2) is 19.5. The summed E-state index contributed by atoms with van der Waals surface area (Å²) in [6.07, 6.45) is 2.75. The first kappa shape index (κ1) is 45.9. The molecule has 0 aliphatic carbocycles. The molecule has 3 amide bonds. The van der Waals surface area contributed by atoms with E-state index >= 15 is 0 Å². The van der Waals surface area contributed by atoms with Crippen molar-refractivity contribution in [2.24, 2.45) is 16.0 Å². The van der Waals surface area contributed by atoms with Gasteiger partial charge in [-0.25, -0.2) is 25.6 Å². The number of carbonyl (C=O) groups is 4. The van der Waals surface area contributed by atoms with Gasteiger partial charge in [0.05, 0.1) is 11.2 Å². The number of aliphatic hydroxyl groups excluding tert-OH is 1. The van der Waals surface area contributed by atoms with Crippen LogP contribution in [0.2, 0.25) is 0 Å². The fourth-order valence-electron chi connectivity index (χ4n) is 6.16. The first-order valence-electron chi connectivity index (χ1n) is 17.7. The second-order valence-corrected chi connectivity index (χ2v) is 16.6. The number of anilines is 1. The molecule has 0 saturated carbocycles. The Labute approximate surface area is 369 Å². The minimum atomic E-state index is -1.57. The molecule has 2 atom stereocenters. The monoisotopic (exact) mass is 917 g/mol. The van der Waals surface area contributed by atoms with Gasteiger partial charge in [-0.1, -0.05) is 65.8 Å². The minimum Gasteiger partial charge on any atom is -0.448 e. The van der Waals surface area contributed by atoms with E-state index in [0.717, 1.165) is 33.2 Å². The average Bonchev–Trinajstić information content (AvgIpc) is 3.86. The van der Waals surface area contributed by atoms with Crippen molar-refractivity contribution in [1.82, 2.24) is 36.2 Å². The summed E-state index contributed by atoms with van der Waals surface area (Å²) in [7, 11) is 0. The van der Waals surface area contributed by atoms with Crippen LogP contribution in [0.15, 0.2) is 111 Å². The number of rotatable bonds is 14. The molecule has 1 fully saturated rings. The lowest BCUT2D eigenvalue weighted by Crippen LogP contribution is -2.71. The first-order chi connectivity index (χ1) is 27.9. The van der Waals surface area contributed by atoms with Gasteiger partial charge in [-0.15, -0.1) is 65.2 Å².